The van der Waals surface area contributed by atoms with E-state index in [-0.39, 0.29) is 18.0 Å². The molecule has 1 aromatic heterocycles. The van der Waals surface area contributed by atoms with Gasteiger partial charge < -0.3 is 19.9 Å². The normalized spacial score (nSPS) is 14.5. The molecule has 0 spiro atoms. The number of aromatic nitrogens is 1. The van der Waals surface area contributed by atoms with Crippen molar-refractivity contribution in [3.8, 4) is 0 Å². The summed E-state index contributed by atoms with van der Waals surface area (Å²) in [6, 6.07) is 3.49. The van der Waals surface area contributed by atoms with Crippen molar-refractivity contribution in [2.24, 2.45) is 0 Å². The molecule has 3 rings (SSSR count). The van der Waals surface area contributed by atoms with E-state index in [0.717, 1.165) is 31.9 Å². The van der Waals surface area contributed by atoms with E-state index in [1.807, 2.05) is 13.0 Å². The Labute approximate surface area is 150 Å². The van der Waals surface area contributed by atoms with Crippen LogP contribution >= 0.6 is 24.0 Å². The zero-order valence-electron chi connectivity index (χ0n) is 13.2. The molecular weight excluding hydrogens is 353 g/mol. The number of pyridine rings is 1. The van der Waals surface area contributed by atoms with Gasteiger partial charge in [0, 0.05) is 44.3 Å². The van der Waals surface area contributed by atoms with Crippen LogP contribution in [-0.4, -0.2) is 41.8 Å². The average molecular weight is 372 g/mol. The number of piperazine rings is 1. The van der Waals surface area contributed by atoms with Gasteiger partial charge in [-0.25, -0.2) is 4.79 Å². The molecule has 1 fully saturated rings. The summed E-state index contributed by atoms with van der Waals surface area (Å²) in [4.78, 5) is 25.8. The van der Waals surface area contributed by atoms with Crippen molar-refractivity contribution in [1.82, 2.24) is 9.88 Å². The number of hydrogen-bond donors (Lipinski definition) is 2. The molecule has 1 aliphatic rings. The van der Waals surface area contributed by atoms with Crippen LogP contribution in [0.2, 0.25) is 5.02 Å². The zero-order chi connectivity index (χ0) is 16.6. The third-order valence-corrected chi connectivity index (χ3v) is 4.56. The Hall–Kier alpha value is -1.76. The maximum Gasteiger partial charge on any atom is 0.341 e. The molecule has 0 radical (unpaired) electrons. The molecule has 2 heterocycles. The van der Waals surface area contributed by atoms with Gasteiger partial charge in [-0.15, -0.1) is 12.4 Å². The van der Waals surface area contributed by atoms with Gasteiger partial charge in [0.25, 0.3) is 0 Å². The van der Waals surface area contributed by atoms with Crippen LogP contribution in [0.15, 0.2) is 23.1 Å². The molecule has 0 amide bonds. The van der Waals surface area contributed by atoms with E-state index in [1.165, 1.54) is 6.20 Å². The van der Waals surface area contributed by atoms with Crippen LogP contribution in [0, 0.1) is 0 Å². The highest BCUT2D eigenvalue weighted by Gasteiger charge is 2.20. The molecule has 2 N–H and O–H groups in total. The van der Waals surface area contributed by atoms with Crippen molar-refractivity contribution in [2.45, 2.75) is 13.5 Å². The van der Waals surface area contributed by atoms with Crippen LogP contribution in [0.3, 0.4) is 0 Å². The molecule has 2 aromatic rings. The Bertz CT molecular complexity index is 829. The lowest BCUT2D eigenvalue weighted by atomic mass is 10.1. The Morgan fingerprint density at radius 1 is 1.33 bits per heavy atom. The van der Waals surface area contributed by atoms with Crippen molar-refractivity contribution >= 4 is 46.6 Å². The van der Waals surface area contributed by atoms with Gasteiger partial charge in [0.2, 0.25) is 5.43 Å². The number of aromatic carboxylic acids is 1. The molecule has 24 heavy (non-hydrogen) atoms. The van der Waals surface area contributed by atoms with Crippen molar-refractivity contribution < 1.29 is 9.90 Å². The van der Waals surface area contributed by atoms with E-state index in [9.17, 15) is 14.7 Å². The fourth-order valence-corrected chi connectivity index (χ4v) is 3.39. The van der Waals surface area contributed by atoms with E-state index in [0.29, 0.717) is 22.5 Å². The lowest BCUT2D eigenvalue weighted by Gasteiger charge is -2.30. The highest BCUT2D eigenvalue weighted by Crippen LogP contribution is 2.33. The van der Waals surface area contributed by atoms with Gasteiger partial charge in [0.05, 0.1) is 16.2 Å². The number of anilines is 1. The fourth-order valence-electron chi connectivity index (χ4n) is 2.99. The largest absolute Gasteiger partial charge is 0.477 e. The van der Waals surface area contributed by atoms with Gasteiger partial charge in [0.1, 0.15) is 5.56 Å². The number of fused-ring (bicyclic) bond motifs is 1. The second-order valence-corrected chi connectivity index (χ2v) is 5.87. The fraction of sp³-hybridized carbons (Fsp3) is 0.375. The highest BCUT2D eigenvalue weighted by atomic mass is 35.5. The zero-order valence-corrected chi connectivity index (χ0v) is 14.8. The summed E-state index contributed by atoms with van der Waals surface area (Å²) in [7, 11) is 0. The Morgan fingerprint density at radius 2 is 2.00 bits per heavy atom. The lowest BCUT2D eigenvalue weighted by Crippen LogP contribution is -2.43. The van der Waals surface area contributed by atoms with Crippen LogP contribution in [0.5, 0.6) is 0 Å². The first-order valence-corrected chi connectivity index (χ1v) is 7.97. The molecule has 6 nitrogen and oxygen atoms in total. The quantitative estimate of drug-likeness (QED) is 0.864. The highest BCUT2D eigenvalue weighted by molar-refractivity contribution is 6.38. The van der Waals surface area contributed by atoms with E-state index in [1.54, 1.807) is 10.6 Å². The third kappa shape index (κ3) is 3.09. The summed E-state index contributed by atoms with van der Waals surface area (Å²) in [6.07, 6.45) is 1.38. The number of rotatable bonds is 3. The first-order chi connectivity index (χ1) is 11.0. The molecule has 0 saturated carbocycles. The minimum atomic E-state index is -1.22. The lowest BCUT2D eigenvalue weighted by molar-refractivity contribution is 0.0695. The predicted octanol–water partition coefficient (Wildman–Crippen LogP) is 2.20. The van der Waals surface area contributed by atoms with Crippen molar-refractivity contribution in [2.75, 3.05) is 31.1 Å². The van der Waals surface area contributed by atoms with E-state index < -0.39 is 11.4 Å². The average Bonchev–Trinajstić information content (AvgIpc) is 2.56. The molecule has 0 unspecified atom stereocenters. The van der Waals surface area contributed by atoms with Gasteiger partial charge in [-0.1, -0.05) is 11.6 Å². The number of carboxylic acids is 1. The predicted molar refractivity (Wildman–Crippen MR) is 98.2 cm³/mol. The number of carboxylic acid groups (broad SMARTS) is 1. The Kier molecular flexibility index (Phi) is 5.74. The standard InChI is InChI=1S/C16H18ClN3O3.ClH/c1-2-19-9-11(16(22)23)15(21)10-3-4-12(13(17)14(10)19)20-7-5-18-6-8-20;/h3-4,9,18H,2,5-8H2,1H3,(H,22,23);1H. The molecular formula is C16H19Cl2N3O3. The van der Waals surface area contributed by atoms with E-state index in [2.05, 4.69) is 10.2 Å². The molecule has 1 aliphatic heterocycles. The number of aryl methyl sites for hydroxylation is 1. The van der Waals surface area contributed by atoms with Gasteiger partial charge in [0.15, 0.2) is 0 Å². The van der Waals surface area contributed by atoms with Gasteiger partial charge in [-0.3, -0.25) is 4.79 Å². The number of carbonyl (C=O) groups is 1. The minimum Gasteiger partial charge on any atom is -0.477 e. The maximum absolute atomic E-state index is 12.4. The van der Waals surface area contributed by atoms with Gasteiger partial charge in [-0.05, 0) is 19.1 Å². The maximum atomic E-state index is 12.4. The van der Waals surface area contributed by atoms with Crippen LogP contribution in [-0.2, 0) is 6.54 Å². The number of benzene rings is 1. The van der Waals surface area contributed by atoms with Crippen LogP contribution in [0.1, 0.15) is 17.3 Å². The first-order valence-electron chi connectivity index (χ1n) is 7.59. The van der Waals surface area contributed by atoms with Gasteiger partial charge >= 0.3 is 5.97 Å². The monoisotopic (exact) mass is 371 g/mol. The molecule has 8 heteroatoms. The van der Waals surface area contributed by atoms with Crippen molar-refractivity contribution in [1.29, 1.82) is 0 Å². The van der Waals surface area contributed by atoms with E-state index >= 15 is 0 Å². The molecule has 1 aromatic carbocycles. The number of nitrogens with zero attached hydrogens (tertiary/aromatic N) is 2. The second-order valence-electron chi connectivity index (χ2n) is 5.49. The summed E-state index contributed by atoms with van der Waals surface area (Å²) < 4.78 is 1.73. The molecule has 0 bridgehead atoms. The van der Waals surface area contributed by atoms with Crippen molar-refractivity contribution in [3.05, 3.63) is 39.1 Å². The summed E-state index contributed by atoms with van der Waals surface area (Å²) >= 11 is 6.59. The van der Waals surface area contributed by atoms with Gasteiger partial charge in [-0.2, -0.15) is 0 Å². The van der Waals surface area contributed by atoms with Crippen LogP contribution < -0.4 is 15.6 Å². The van der Waals surface area contributed by atoms with E-state index in [4.69, 9.17) is 11.6 Å². The Balaban J connectivity index is 0.00000208. The summed E-state index contributed by atoms with van der Waals surface area (Å²) in [5, 5.41) is 13.3. The topological polar surface area (TPSA) is 74.6 Å². The number of halogens is 2. The van der Waals surface area contributed by atoms with Crippen LogP contribution in [0.25, 0.3) is 10.9 Å². The first kappa shape index (κ1) is 18.6. The molecule has 130 valence electrons. The van der Waals surface area contributed by atoms with Crippen LogP contribution in [0.4, 0.5) is 5.69 Å². The summed E-state index contributed by atoms with van der Waals surface area (Å²) in [5.74, 6) is -1.22. The number of hydrogen-bond acceptors (Lipinski definition) is 4. The second kappa shape index (κ2) is 7.42. The third-order valence-electron chi connectivity index (χ3n) is 4.19. The van der Waals surface area contributed by atoms with Crippen molar-refractivity contribution in [3.63, 3.8) is 0 Å². The molecule has 1 saturated heterocycles. The molecule has 0 aliphatic carbocycles. The molecule has 0 atom stereocenters. The smallest absolute Gasteiger partial charge is 0.341 e. The number of nitrogens with one attached hydrogen (secondary N) is 1. The minimum absolute atomic E-state index is 0. The summed E-state index contributed by atoms with van der Waals surface area (Å²) in [5.41, 5.74) is 0.752. The summed E-state index contributed by atoms with van der Waals surface area (Å²) in [6.45, 7) is 5.87. The SMILES string of the molecule is CCn1cc(C(=O)O)c(=O)c2ccc(N3CCNCC3)c(Cl)c21.Cl. The Morgan fingerprint density at radius 3 is 2.58 bits per heavy atom.